The van der Waals surface area contributed by atoms with Gasteiger partial charge in [-0.1, -0.05) is 12.1 Å². The summed E-state index contributed by atoms with van der Waals surface area (Å²) in [6.07, 6.45) is 3.48. The van der Waals surface area contributed by atoms with Crippen molar-refractivity contribution in [1.82, 2.24) is 14.6 Å². The number of anilines is 1. The van der Waals surface area contributed by atoms with E-state index in [2.05, 4.69) is 10.1 Å². The van der Waals surface area contributed by atoms with Crippen LogP contribution >= 0.6 is 0 Å². The van der Waals surface area contributed by atoms with Crippen LogP contribution < -0.4 is 4.90 Å². The molecule has 0 spiro atoms. The number of benzene rings is 1. The van der Waals surface area contributed by atoms with Gasteiger partial charge in [-0.05, 0) is 18.2 Å². The number of amides is 1. The predicted molar refractivity (Wildman–Crippen MR) is 77.5 cm³/mol. The summed E-state index contributed by atoms with van der Waals surface area (Å²) < 4.78 is 1.78. The molecule has 1 aromatic carbocycles. The fraction of sp³-hybridized carbons (Fsp3) is 0.133. The van der Waals surface area contributed by atoms with Crippen molar-refractivity contribution in [2.75, 3.05) is 11.9 Å². The molecule has 0 radical (unpaired) electrons. The van der Waals surface area contributed by atoms with Gasteiger partial charge in [0, 0.05) is 37.5 Å². The molecule has 2 heterocycles. The van der Waals surface area contributed by atoms with Crippen LogP contribution in [0, 0.1) is 0 Å². The van der Waals surface area contributed by atoms with Gasteiger partial charge in [-0.2, -0.15) is 5.10 Å². The minimum Gasteiger partial charge on any atom is -0.316 e. The van der Waals surface area contributed by atoms with Crippen molar-refractivity contribution in [3.05, 3.63) is 48.8 Å². The molecule has 0 unspecified atom stereocenters. The molecule has 0 saturated heterocycles. The van der Waals surface area contributed by atoms with Crippen LogP contribution in [0.25, 0.3) is 16.9 Å². The van der Waals surface area contributed by atoms with E-state index in [-0.39, 0.29) is 5.91 Å². The van der Waals surface area contributed by atoms with Crippen LogP contribution in [0.1, 0.15) is 6.92 Å². The van der Waals surface area contributed by atoms with E-state index in [0.717, 1.165) is 22.6 Å². The number of fused-ring (bicyclic) bond motifs is 1. The van der Waals surface area contributed by atoms with E-state index in [1.165, 1.54) is 0 Å². The Kier molecular flexibility index (Phi) is 2.95. The normalized spacial score (nSPS) is 10.7. The molecule has 3 aromatic rings. The van der Waals surface area contributed by atoms with Crippen molar-refractivity contribution < 1.29 is 4.79 Å². The monoisotopic (exact) mass is 266 g/mol. The van der Waals surface area contributed by atoms with Crippen LogP contribution in [-0.4, -0.2) is 27.6 Å². The third-order valence-corrected chi connectivity index (χ3v) is 3.29. The molecule has 1 amide bonds. The maximum absolute atomic E-state index is 11.5. The van der Waals surface area contributed by atoms with E-state index in [1.54, 1.807) is 35.8 Å². The van der Waals surface area contributed by atoms with Crippen molar-refractivity contribution in [3.63, 3.8) is 0 Å². The zero-order valence-electron chi connectivity index (χ0n) is 11.3. The zero-order chi connectivity index (χ0) is 14.1. The molecule has 0 saturated carbocycles. The highest BCUT2D eigenvalue weighted by molar-refractivity contribution is 5.91. The molecule has 0 fully saturated rings. The molecular formula is C15H14N4O. The molecule has 0 aliphatic carbocycles. The fourth-order valence-corrected chi connectivity index (χ4v) is 2.11. The van der Waals surface area contributed by atoms with Crippen molar-refractivity contribution in [3.8, 4) is 11.3 Å². The van der Waals surface area contributed by atoms with Gasteiger partial charge in [0.15, 0.2) is 5.65 Å². The first-order valence-corrected chi connectivity index (χ1v) is 6.30. The summed E-state index contributed by atoms with van der Waals surface area (Å²) in [6.45, 7) is 1.55. The Morgan fingerprint density at radius 1 is 1.20 bits per heavy atom. The maximum atomic E-state index is 11.5. The van der Waals surface area contributed by atoms with Crippen molar-refractivity contribution in [2.45, 2.75) is 6.92 Å². The second-order valence-corrected chi connectivity index (χ2v) is 4.56. The highest BCUT2D eigenvalue weighted by atomic mass is 16.2. The van der Waals surface area contributed by atoms with Crippen LogP contribution in [0.3, 0.4) is 0 Å². The minimum atomic E-state index is 0.00103. The first-order valence-electron chi connectivity index (χ1n) is 6.30. The lowest BCUT2D eigenvalue weighted by Gasteiger charge is -2.16. The lowest BCUT2D eigenvalue weighted by molar-refractivity contribution is -0.116. The van der Waals surface area contributed by atoms with Crippen molar-refractivity contribution in [1.29, 1.82) is 0 Å². The molecule has 20 heavy (non-hydrogen) atoms. The SMILES string of the molecule is CC(=O)N(C)c1cccc(-c2ccnc3ccnn23)c1. The molecule has 0 N–H and O–H groups in total. The maximum Gasteiger partial charge on any atom is 0.223 e. The molecular weight excluding hydrogens is 252 g/mol. The van der Waals surface area contributed by atoms with Crippen LogP contribution in [0.5, 0.6) is 0 Å². The quantitative estimate of drug-likeness (QED) is 0.715. The number of aromatic nitrogens is 3. The predicted octanol–water partition coefficient (Wildman–Crippen LogP) is 2.38. The Labute approximate surface area is 116 Å². The molecule has 2 aromatic heterocycles. The van der Waals surface area contributed by atoms with Crippen molar-refractivity contribution >= 4 is 17.2 Å². The van der Waals surface area contributed by atoms with Crippen molar-refractivity contribution in [2.24, 2.45) is 0 Å². The summed E-state index contributed by atoms with van der Waals surface area (Å²) >= 11 is 0. The van der Waals surface area contributed by atoms with Gasteiger partial charge in [0.25, 0.3) is 0 Å². The molecule has 3 rings (SSSR count). The molecule has 5 heteroatoms. The van der Waals surface area contributed by atoms with E-state index < -0.39 is 0 Å². The molecule has 0 aliphatic rings. The summed E-state index contributed by atoms with van der Waals surface area (Å²) in [5.74, 6) is 0.00103. The van der Waals surface area contributed by atoms with E-state index >= 15 is 0 Å². The van der Waals surface area contributed by atoms with Gasteiger partial charge in [-0.15, -0.1) is 0 Å². The smallest absolute Gasteiger partial charge is 0.223 e. The first kappa shape index (κ1) is 12.3. The fourth-order valence-electron chi connectivity index (χ4n) is 2.11. The number of rotatable bonds is 2. The van der Waals surface area contributed by atoms with Gasteiger partial charge in [0.05, 0.1) is 11.9 Å². The summed E-state index contributed by atoms with van der Waals surface area (Å²) in [5.41, 5.74) is 3.59. The number of carbonyl (C=O) groups excluding carboxylic acids is 1. The first-order chi connectivity index (χ1) is 9.66. The Bertz CT molecular complexity index is 778. The Morgan fingerprint density at radius 3 is 2.85 bits per heavy atom. The van der Waals surface area contributed by atoms with Crippen LogP contribution in [-0.2, 0) is 4.79 Å². The highest BCUT2D eigenvalue weighted by Gasteiger charge is 2.09. The second-order valence-electron chi connectivity index (χ2n) is 4.56. The largest absolute Gasteiger partial charge is 0.316 e. The summed E-state index contributed by atoms with van der Waals surface area (Å²) in [7, 11) is 1.76. The van der Waals surface area contributed by atoms with Gasteiger partial charge >= 0.3 is 0 Å². The summed E-state index contributed by atoms with van der Waals surface area (Å²) in [4.78, 5) is 17.3. The van der Waals surface area contributed by atoms with E-state index in [4.69, 9.17) is 0 Å². The zero-order valence-corrected chi connectivity index (χ0v) is 11.3. The van der Waals surface area contributed by atoms with Gasteiger partial charge in [0.1, 0.15) is 0 Å². The second kappa shape index (κ2) is 4.77. The standard InChI is InChI=1S/C15H14N4O/c1-11(20)18(2)13-5-3-4-12(10-13)14-6-8-16-15-7-9-17-19(14)15/h3-10H,1-2H3. The van der Waals surface area contributed by atoms with Gasteiger partial charge in [-0.3, -0.25) is 4.79 Å². The Hall–Kier alpha value is -2.69. The van der Waals surface area contributed by atoms with Crippen LogP contribution in [0.15, 0.2) is 48.8 Å². The number of hydrogen-bond acceptors (Lipinski definition) is 3. The lowest BCUT2D eigenvalue weighted by atomic mass is 10.1. The van der Waals surface area contributed by atoms with E-state index in [0.29, 0.717) is 0 Å². The summed E-state index contributed by atoms with van der Waals surface area (Å²) in [6, 6.07) is 11.6. The van der Waals surface area contributed by atoms with Gasteiger partial charge in [-0.25, -0.2) is 9.50 Å². The summed E-state index contributed by atoms with van der Waals surface area (Å²) in [5, 5.41) is 4.28. The van der Waals surface area contributed by atoms with E-state index in [1.807, 2.05) is 36.4 Å². The Balaban J connectivity index is 2.13. The van der Waals surface area contributed by atoms with Gasteiger partial charge < -0.3 is 4.90 Å². The van der Waals surface area contributed by atoms with Crippen LogP contribution in [0.4, 0.5) is 5.69 Å². The minimum absolute atomic E-state index is 0.00103. The molecule has 100 valence electrons. The average Bonchev–Trinajstić information content (AvgIpc) is 2.94. The molecule has 0 atom stereocenters. The lowest BCUT2D eigenvalue weighted by Crippen LogP contribution is -2.22. The average molecular weight is 266 g/mol. The van der Waals surface area contributed by atoms with Gasteiger partial charge in [0.2, 0.25) is 5.91 Å². The number of hydrogen-bond donors (Lipinski definition) is 0. The highest BCUT2D eigenvalue weighted by Crippen LogP contribution is 2.24. The molecule has 5 nitrogen and oxygen atoms in total. The number of nitrogens with zero attached hydrogens (tertiary/aromatic N) is 4. The number of carbonyl (C=O) groups is 1. The molecule has 0 aliphatic heterocycles. The van der Waals surface area contributed by atoms with Crippen LogP contribution in [0.2, 0.25) is 0 Å². The third kappa shape index (κ3) is 2.03. The Morgan fingerprint density at radius 2 is 2.05 bits per heavy atom. The topological polar surface area (TPSA) is 50.5 Å². The third-order valence-electron chi connectivity index (χ3n) is 3.29. The van der Waals surface area contributed by atoms with E-state index in [9.17, 15) is 4.79 Å². The molecule has 0 bridgehead atoms.